The number of carbonyl (C=O) groups excluding carboxylic acids is 1. The summed E-state index contributed by atoms with van der Waals surface area (Å²) < 4.78 is 1.61. The lowest BCUT2D eigenvalue weighted by Crippen LogP contribution is -2.49. The predicted molar refractivity (Wildman–Crippen MR) is 89.4 cm³/mol. The zero-order chi connectivity index (χ0) is 18.1. The Morgan fingerprint density at radius 1 is 1.25 bits per heavy atom. The van der Waals surface area contributed by atoms with Crippen LogP contribution in [0.1, 0.15) is 55.6 Å². The molecule has 0 aliphatic rings. The lowest BCUT2D eigenvalue weighted by atomic mass is 10.0. The zero-order valence-corrected chi connectivity index (χ0v) is 14.5. The molecular weight excluding hydrogens is 308 g/mol. The van der Waals surface area contributed by atoms with Crippen LogP contribution < -0.4 is 5.32 Å². The van der Waals surface area contributed by atoms with Gasteiger partial charge in [0, 0.05) is 0 Å². The minimum absolute atomic E-state index is 0.0552. The van der Waals surface area contributed by atoms with Crippen molar-refractivity contribution >= 4 is 11.9 Å². The number of hydrogen-bond acceptors (Lipinski definition) is 4. The fourth-order valence-corrected chi connectivity index (χ4v) is 2.28. The van der Waals surface area contributed by atoms with Gasteiger partial charge in [0.15, 0.2) is 0 Å². The number of aromatic nitrogens is 3. The third kappa shape index (κ3) is 3.45. The van der Waals surface area contributed by atoms with Crippen molar-refractivity contribution in [2.75, 3.05) is 0 Å². The number of carboxylic acid groups (broad SMARTS) is 1. The van der Waals surface area contributed by atoms with E-state index >= 15 is 0 Å². The first-order chi connectivity index (χ1) is 11.1. The number of carboxylic acids is 1. The fourth-order valence-electron chi connectivity index (χ4n) is 2.28. The largest absolute Gasteiger partial charge is 0.480 e. The van der Waals surface area contributed by atoms with Crippen molar-refractivity contribution < 1.29 is 14.7 Å². The second kappa shape index (κ2) is 6.43. The van der Waals surface area contributed by atoms with E-state index in [2.05, 4.69) is 29.2 Å². The van der Waals surface area contributed by atoms with Crippen molar-refractivity contribution in [1.82, 2.24) is 20.1 Å². The minimum atomic E-state index is -1.40. The molecule has 24 heavy (non-hydrogen) atoms. The highest BCUT2D eigenvalue weighted by Crippen LogP contribution is 2.23. The molecule has 2 rings (SSSR count). The first-order valence-electron chi connectivity index (χ1n) is 7.72. The Kier molecular flexibility index (Phi) is 4.73. The highest BCUT2D eigenvalue weighted by atomic mass is 16.4. The third-order valence-corrected chi connectivity index (χ3v) is 3.72. The third-order valence-electron chi connectivity index (χ3n) is 3.72. The summed E-state index contributed by atoms with van der Waals surface area (Å²) in [5.41, 5.74) is 0.545. The van der Waals surface area contributed by atoms with Crippen LogP contribution in [0.2, 0.25) is 0 Å². The van der Waals surface area contributed by atoms with Gasteiger partial charge in [-0.25, -0.2) is 14.5 Å². The smallest absolute Gasteiger partial charge is 0.328 e. The van der Waals surface area contributed by atoms with Crippen LogP contribution in [0.15, 0.2) is 24.3 Å². The summed E-state index contributed by atoms with van der Waals surface area (Å²) in [6.45, 7) is 8.72. The second-order valence-corrected chi connectivity index (χ2v) is 6.49. The summed E-state index contributed by atoms with van der Waals surface area (Å²) in [6.07, 6.45) is 0. The lowest BCUT2D eigenvalue weighted by Gasteiger charge is -2.19. The van der Waals surface area contributed by atoms with Crippen LogP contribution in [-0.2, 0) is 4.79 Å². The highest BCUT2D eigenvalue weighted by molar-refractivity contribution is 5.94. The van der Waals surface area contributed by atoms with Gasteiger partial charge in [-0.15, -0.1) is 5.10 Å². The number of nitrogens with zero attached hydrogens (tertiary/aromatic N) is 3. The average Bonchev–Trinajstić information content (AvgIpc) is 2.88. The molecule has 2 N–H and O–H groups in total. The van der Waals surface area contributed by atoms with Crippen LogP contribution >= 0.6 is 0 Å². The lowest BCUT2D eigenvalue weighted by molar-refractivity contribution is -0.143. The van der Waals surface area contributed by atoms with E-state index in [0.29, 0.717) is 5.82 Å². The molecule has 1 amide bonds. The summed E-state index contributed by atoms with van der Waals surface area (Å²) in [7, 11) is 0. The van der Waals surface area contributed by atoms with Crippen molar-refractivity contribution in [3.63, 3.8) is 0 Å². The molecule has 1 heterocycles. The summed E-state index contributed by atoms with van der Waals surface area (Å²) in [5.74, 6) is -0.960. The van der Waals surface area contributed by atoms with Crippen LogP contribution in [0.3, 0.4) is 0 Å². The molecule has 0 saturated carbocycles. The van der Waals surface area contributed by atoms with E-state index < -0.39 is 17.4 Å². The van der Waals surface area contributed by atoms with E-state index in [0.717, 1.165) is 11.3 Å². The summed E-state index contributed by atoms with van der Waals surface area (Å²) in [4.78, 5) is 27.6. The molecule has 7 nitrogen and oxygen atoms in total. The molecule has 0 atom stereocenters. The number of aryl methyl sites for hydroxylation is 1. The van der Waals surface area contributed by atoms with Gasteiger partial charge in [0.2, 0.25) is 5.82 Å². The quantitative estimate of drug-likeness (QED) is 0.876. The normalized spacial score (nSPS) is 11.6. The van der Waals surface area contributed by atoms with Crippen LogP contribution in [0.5, 0.6) is 0 Å². The summed E-state index contributed by atoms with van der Waals surface area (Å²) in [5, 5.41) is 15.8. The van der Waals surface area contributed by atoms with Gasteiger partial charge in [-0.2, -0.15) is 0 Å². The Balaban J connectivity index is 2.38. The van der Waals surface area contributed by atoms with Crippen LogP contribution in [0, 0.1) is 6.92 Å². The van der Waals surface area contributed by atoms with E-state index in [9.17, 15) is 9.59 Å². The topological polar surface area (TPSA) is 97.1 Å². The van der Waals surface area contributed by atoms with E-state index in [1.807, 2.05) is 24.3 Å². The molecule has 0 bridgehead atoms. The van der Waals surface area contributed by atoms with Gasteiger partial charge < -0.3 is 10.4 Å². The Hall–Kier alpha value is -2.70. The average molecular weight is 330 g/mol. The van der Waals surface area contributed by atoms with E-state index in [1.54, 1.807) is 11.6 Å². The molecule has 0 saturated heterocycles. The van der Waals surface area contributed by atoms with Gasteiger partial charge in [0.05, 0.1) is 5.69 Å². The minimum Gasteiger partial charge on any atom is -0.480 e. The van der Waals surface area contributed by atoms with Gasteiger partial charge in [0.1, 0.15) is 11.4 Å². The molecule has 0 aliphatic heterocycles. The first kappa shape index (κ1) is 17.7. The standard InChI is InChI=1S/C17H22N4O3/c1-10(2)12-8-6-7-9-13(12)21-11(3)18-14(20-21)15(22)19-17(4,5)16(23)24/h6-10H,1-5H3,(H,19,22)(H,23,24). The number of amides is 1. The molecule has 1 aromatic carbocycles. The maximum absolute atomic E-state index is 12.3. The van der Waals surface area contributed by atoms with Crippen molar-refractivity contribution in [3.8, 4) is 5.69 Å². The van der Waals surface area contributed by atoms with Gasteiger partial charge in [-0.1, -0.05) is 32.0 Å². The molecule has 0 aliphatic carbocycles. The molecule has 0 unspecified atom stereocenters. The maximum atomic E-state index is 12.3. The van der Waals surface area contributed by atoms with Crippen LogP contribution in [0.25, 0.3) is 5.69 Å². The van der Waals surface area contributed by atoms with Crippen molar-refractivity contribution in [1.29, 1.82) is 0 Å². The first-order valence-corrected chi connectivity index (χ1v) is 7.72. The molecule has 1 aromatic heterocycles. The Labute approximate surface area is 140 Å². The number of para-hydroxylation sites is 1. The molecular formula is C17H22N4O3. The van der Waals surface area contributed by atoms with Gasteiger partial charge in [0.25, 0.3) is 5.91 Å². The number of carbonyl (C=O) groups is 2. The summed E-state index contributed by atoms with van der Waals surface area (Å²) in [6, 6.07) is 7.78. The van der Waals surface area contributed by atoms with Gasteiger partial charge >= 0.3 is 5.97 Å². The number of hydrogen-bond donors (Lipinski definition) is 2. The second-order valence-electron chi connectivity index (χ2n) is 6.49. The highest BCUT2D eigenvalue weighted by Gasteiger charge is 2.31. The Bertz CT molecular complexity index is 778. The molecule has 128 valence electrons. The zero-order valence-electron chi connectivity index (χ0n) is 14.5. The molecule has 2 aromatic rings. The van der Waals surface area contributed by atoms with E-state index in [-0.39, 0.29) is 11.7 Å². The van der Waals surface area contributed by atoms with Crippen molar-refractivity contribution in [2.24, 2.45) is 0 Å². The Morgan fingerprint density at radius 3 is 2.46 bits per heavy atom. The van der Waals surface area contributed by atoms with Gasteiger partial charge in [-0.3, -0.25) is 4.79 Å². The molecule has 7 heteroatoms. The number of rotatable bonds is 5. The van der Waals surface area contributed by atoms with Crippen LogP contribution in [-0.4, -0.2) is 37.3 Å². The fraction of sp³-hybridized carbons (Fsp3) is 0.412. The van der Waals surface area contributed by atoms with Crippen molar-refractivity contribution in [2.45, 2.75) is 46.1 Å². The van der Waals surface area contributed by atoms with Gasteiger partial charge in [-0.05, 0) is 38.3 Å². The maximum Gasteiger partial charge on any atom is 0.328 e. The van der Waals surface area contributed by atoms with Crippen molar-refractivity contribution in [3.05, 3.63) is 41.5 Å². The predicted octanol–water partition coefficient (Wildman–Crippen LogP) is 2.29. The number of aliphatic carboxylic acids is 1. The van der Waals surface area contributed by atoms with E-state index in [4.69, 9.17) is 5.11 Å². The monoisotopic (exact) mass is 330 g/mol. The molecule has 0 fully saturated rings. The van der Waals surface area contributed by atoms with Crippen LogP contribution in [0.4, 0.5) is 0 Å². The van der Waals surface area contributed by atoms with E-state index in [1.165, 1.54) is 13.8 Å². The number of nitrogens with one attached hydrogen (secondary N) is 1. The SMILES string of the molecule is Cc1nc(C(=O)NC(C)(C)C(=O)O)nn1-c1ccccc1C(C)C. The summed E-state index contributed by atoms with van der Waals surface area (Å²) >= 11 is 0. The molecule has 0 radical (unpaired) electrons. The number of benzene rings is 1. The Morgan fingerprint density at radius 2 is 1.88 bits per heavy atom. The molecule has 0 spiro atoms.